The van der Waals surface area contributed by atoms with Crippen molar-refractivity contribution in [3.05, 3.63) is 36.5 Å². The van der Waals surface area contributed by atoms with Crippen LogP contribution in [0.2, 0.25) is 0 Å². The van der Waals surface area contributed by atoms with E-state index in [1.54, 1.807) is 0 Å². The van der Waals surface area contributed by atoms with Crippen LogP contribution >= 0.6 is 0 Å². The van der Waals surface area contributed by atoms with Gasteiger partial charge in [0, 0.05) is 12.4 Å². The quantitative estimate of drug-likeness (QED) is 0.606. The molecule has 1 heteroatoms. The minimum atomic E-state index is 1.19. The largest absolute Gasteiger partial charge is 0.265 e. The highest BCUT2D eigenvalue weighted by Crippen LogP contribution is 2.08. The molecule has 0 unspecified atom stereocenters. The summed E-state index contributed by atoms with van der Waals surface area (Å²) in [4.78, 5) is 3.97. The Balaban J connectivity index is 2.16. The van der Waals surface area contributed by atoms with Crippen LogP contribution in [-0.4, -0.2) is 4.98 Å². The number of rotatable bonds is 5. The van der Waals surface area contributed by atoms with E-state index in [-0.39, 0.29) is 0 Å². The third-order valence-corrected chi connectivity index (χ3v) is 1.89. The summed E-state index contributed by atoms with van der Waals surface area (Å²) in [5, 5.41) is 0. The summed E-state index contributed by atoms with van der Waals surface area (Å²) in [6.07, 6.45) is 11.1. The molecule has 0 saturated heterocycles. The smallest absolute Gasteiger partial charge is 0.0270 e. The molecule has 12 heavy (non-hydrogen) atoms. The Morgan fingerprint density at radius 2 is 2.00 bits per heavy atom. The average Bonchev–Trinajstić information content (AvgIpc) is 2.14. The van der Waals surface area contributed by atoms with Crippen LogP contribution in [0, 0.1) is 6.42 Å². The highest BCUT2D eigenvalue weighted by Gasteiger charge is 1.91. The number of nitrogens with zero attached hydrogens (tertiary/aromatic N) is 1. The van der Waals surface area contributed by atoms with Gasteiger partial charge in [-0.05, 0) is 30.5 Å². The number of hydrogen-bond donors (Lipinski definition) is 0. The van der Waals surface area contributed by atoms with Crippen LogP contribution in [0.5, 0.6) is 0 Å². The molecule has 0 fully saturated rings. The zero-order valence-corrected chi connectivity index (χ0v) is 7.66. The Kier molecular flexibility index (Phi) is 4.43. The summed E-state index contributed by atoms with van der Waals surface area (Å²) in [7, 11) is 0. The van der Waals surface area contributed by atoms with E-state index in [0.29, 0.717) is 0 Å². The van der Waals surface area contributed by atoms with Gasteiger partial charge in [0.05, 0.1) is 0 Å². The first-order valence-corrected chi connectivity index (χ1v) is 4.66. The third kappa shape index (κ3) is 3.51. The summed E-state index contributed by atoms with van der Waals surface area (Å²) in [5.41, 5.74) is 1.29. The second-order valence-electron chi connectivity index (χ2n) is 2.98. The van der Waals surface area contributed by atoms with Crippen molar-refractivity contribution >= 4 is 0 Å². The maximum atomic E-state index is 3.97. The fraction of sp³-hybridized carbons (Fsp3) is 0.455. The zero-order valence-electron chi connectivity index (χ0n) is 7.66. The van der Waals surface area contributed by atoms with Crippen LogP contribution < -0.4 is 0 Å². The summed E-state index contributed by atoms with van der Waals surface area (Å²) in [6, 6.07) is 4.10. The molecule has 0 aliphatic rings. The summed E-state index contributed by atoms with van der Waals surface area (Å²) >= 11 is 0. The summed E-state index contributed by atoms with van der Waals surface area (Å²) in [5.74, 6) is 0. The molecule has 1 aromatic rings. The van der Waals surface area contributed by atoms with Gasteiger partial charge in [-0.1, -0.05) is 26.2 Å². The molecule has 0 amide bonds. The molecule has 1 nitrogen and oxygen atoms in total. The van der Waals surface area contributed by atoms with E-state index in [0.717, 1.165) is 0 Å². The number of aromatic nitrogens is 1. The van der Waals surface area contributed by atoms with E-state index >= 15 is 0 Å². The van der Waals surface area contributed by atoms with Gasteiger partial charge in [-0.25, -0.2) is 0 Å². The van der Waals surface area contributed by atoms with Crippen molar-refractivity contribution in [1.29, 1.82) is 0 Å². The van der Waals surface area contributed by atoms with E-state index in [2.05, 4.69) is 18.3 Å². The van der Waals surface area contributed by atoms with Crippen molar-refractivity contribution in [3.63, 3.8) is 0 Å². The SMILES string of the molecule is CCCCC[CH]c1ccncc1. The maximum Gasteiger partial charge on any atom is 0.0270 e. The molecule has 0 N–H and O–H groups in total. The third-order valence-electron chi connectivity index (χ3n) is 1.89. The predicted molar refractivity (Wildman–Crippen MR) is 51.8 cm³/mol. The first kappa shape index (κ1) is 9.24. The first-order valence-electron chi connectivity index (χ1n) is 4.66. The highest BCUT2D eigenvalue weighted by molar-refractivity contribution is 5.18. The Hall–Kier alpha value is -0.850. The number of hydrogen-bond acceptors (Lipinski definition) is 1. The lowest BCUT2D eigenvalue weighted by Gasteiger charge is -1.98. The molecule has 0 spiro atoms. The molecular weight excluding hydrogens is 146 g/mol. The zero-order chi connectivity index (χ0) is 8.65. The number of pyridine rings is 1. The molecule has 0 saturated carbocycles. The van der Waals surface area contributed by atoms with E-state index < -0.39 is 0 Å². The van der Waals surface area contributed by atoms with Crippen LogP contribution in [0.3, 0.4) is 0 Å². The van der Waals surface area contributed by atoms with Crippen molar-refractivity contribution in [3.8, 4) is 0 Å². The molecule has 1 rings (SSSR count). The van der Waals surface area contributed by atoms with Gasteiger partial charge in [0.2, 0.25) is 0 Å². The second-order valence-corrected chi connectivity index (χ2v) is 2.98. The fourth-order valence-electron chi connectivity index (χ4n) is 1.16. The van der Waals surface area contributed by atoms with Crippen molar-refractivity contribution in [2.45, 2.75) is 32.6 Å². The van der Waals surface area contributed by atoms with Crippen molar-refractivity contribution in [1.82, 2.24) is 4.98 Å². The first-order chi connectivity index (χ1) is 5.93. The molecule has 65 valence electrons. The van der Waals surface area contributed by atoms with Gasteiger partial charge in [0.25, 0.3) is 0 Å². The lowest BCUT2D eigenvalue weighted by Crippen LogP contribution is -1.82. The summed E-state index contributed by atoms with van der Waals surface area (Å²) < 4.78 is 0. The lowest BCUT2D eigenvalue weighted by molar-refractivity contribution is 0.715. The topological polar surface area (TPSA) is 12.9 Å². The molecule has 1 radical (unpaired) electrons. The van der Waals surface area contributed by atoms with Crippen molar-refractivity contribution in [2.24, 2.45) is 0 Å². The van der Waals surface area contributed by atoms with Gasteiger partial charge in [0.15, 0.2) is 0 Å². The Morgan fingerprint density at radius 3 is 2.67 bits per heavy atom. The Labute approximate surface area is 74.8 Å². The molecule has 0 aliphatic heterocycles. The number of unbranched alkanes of at least 4 members (excludes halogenated alkanes) is 3. The van der Waals surface area contributed by atoms with Gasteiger partial charge >= 0.3 is 0 Å². The fourth-order valence-corrected chi connectivity index (χ4v) is 1.16. The van der Waals surface area contributed by atoms with Gasteiger partial charge in [-0.2, -0.15) is 0 Å². The standard InChI is InChI=1S/C11H16N/c1-2-3-4-5-6-11-7-9-12-10-8-11/h6-10H,2-5H2,1H3. The highest BCUT2D eigenvalue weighted by atomic mass is 14.6. The van der Waals surface area contributed by atoms with E-state index in [4.69, 9.17) is 0 Å². The van der Waals surface area contributed by atoms with Gasteiger partial charge in [-0.3, -0.25) is 4.98 Å². The van der Waals surface area contributed by atoms with E-state index in [9.17, 15) is 0 Å². The van der Waals surface area contributed by atoms with Crippen LogP contribution in [0.1, 0.15) is 38.2 Å². The Bertz CT molecular complexity index is 193. The molecule has 1 aromatic heterocycles. The van der Waals surface area contributed by atoms with E-state index in [1.165, 1.54) is 31.2 Å². The van der Waals surface area contributed by atoms with Crippen LogP contribution in [0.15, 0.2) is 24.5 Å². The Morgan fingerprint density at radius 1 is 1.25 bits per heavy atom. The summed E-state index contributed by atoms with van der Waals surface area (Å²) in [6.45, 7) is 2.23. The molecule has 0 atom stereocenters. The second kappa shape index (κ2) is 5.76. The maximum absolute atomic E-state index is 3.97. The molecule has 0 aromatic carbocycles. The molecular formula is C11H16N. The van der Waals surface area contributed by atoms with Gasteiger partial charge in [0.1, 0.15) is 0 Å². The monoisotopic (exact) mass is 162 g/mol. The average molecular weight is 162 g/mol. The van der Waals surface area contributed by atoms with Crippen molar-refractivity contribution < 1.29 is 0 Å². The van der Waals surface area contributed by atoms with Gasteiger partial charge < -0.3 is 0 Å². The van der Waals surface area contributed by atoms with Crippen LogP contribution in [0.25, 0.3) is 0 Å². The lowest BCUT2D eigenvalue weighted by atomic mass is 10.1. The molecule has 0 aliphatic carbocycles. The minimum absolute atomic E-state index is 1.19. The van der Waals surface area contributed by atoms with Crippen LogP contribution in [-0.2, 0) is 0 Å². The molecule has 0 bridgehead atoms. The molecule has 1 heterocycles. The van der Waals surface area contributed by atoms with Crippen LogP contribution in [0.4, 0.5) is 0 Å². The van der Waals surface area contributed by atoms with Gasteiger partial charge in [-0.15, -0.1) is 0 Å². The normalized spacial score (nSPS) is 10.1. The predicted octanol–water partition coefficient (Wildman–Crippen LogP) is 3.21. The van der Waals surface area contributed by atoms with Crippen molar-refractivity contribution in [2.75, 3.05) is 0 Å². The minimum Gasteiger partial charge on any atom is -0.265 e. The van der Waals surface area contributed by atoms with E-state index in [1.807, 2.05) is 24.5 Å².